The summed E-state index contributed by atoms with van der Waals surface area (Å²) in [6.07, 6.45) is 3.47. The topological polar surface area (TPSA) is 29.3 Å². The molecular weight excluding hydrogens is 244 g/mol. The molecule has 2 N–H and O–H groups in total. The molecule has 1 saturated carbocycles. The number of nitrogens with two attached hydrogens (primary N) is 1. The van der Waals surface area contributed by atoms with Crippen LogP contribution in [0, 0.1) is 5.92 Å². The summed E-state index contributed by atoms with van der Waals surface area (Å²) in [5.41, 5.74) is 8.23. The van der Waals surface area contributed by atoms with Gasteiger partial charge >= 0.3 is 0 Å². The zero-order valence-electron chi connectivity index (χ0n) is 11.3. The number of hydrogen-bond acceptors (Lipinski definition) is 2. The normalized spacial score (nSPS) is 15.2. The summed E-state index contributed by atoms with van der Waals surface area (Å²) < 4.78 is 0. The Morgan fingerprint density at radius 3 is 2.67 bits per heavy atom. The molecule has 0 bridgehead atoms. The Hall–Kier alpha value is -0.730. The molecule has 2 rings (SSSR count). The van der Waals surface area contributed by atoms with Gasteiger partial charge in [0.2, 0.25) is 0 Å². The van der Waals surface area contributed by atoms with Crippen molar-refractivity contribution >= 4 is 17.3 Å². The highest BCUT2D eigenvalue weighted by Crippen LogP contribution is 2.36. The third-order valence-electron chi connectivity index (χ3n) is 3.35. The Morgan fingerprint density at radius 2 is 2.11 bits per heavy atom. The zero-order chi connectivity index (χ0) is 13.1. The van der Waals surface area contributed by atoms with E-state index < -0.39 is 0 Å². The average molecular weight is 267 g/mol. The molecule has 1 fully saturated rings. The van der Waals surface area contributed by atoms with Crippen molar-refractivity contribution in [1.29, 1.82) is 0 Å². The summed E-state index contributed by atoms with van der Waals surface area (Å²) in [4.78, 5) is 2.53. The molecule has 0 aliphatic heterocycles. The number of benzene rings is 1. The standard InChI is InChI=1S/C15H23ClN2/c1-11(2)10-18(12-6-7-12)15-5-3-4-14(16)13(15)8-9-17/h3-5,11-12H,6-10,17H2,1-2H3. The molecule has 1 aliphatic rings. The van der Waals surface area contributed by atoms with Crippen LogP contribution in [0.25, 0.3) is 0 Å². The molecule has 0 heterocycles. The van der Waals surface area contributed by atoms with Crippen LogP contribution in [0.2, 0.25) is 5.02 Å². The molecule has 0 unspecified atom stereocenters. The molecule has 0 radical (unpaired) electrons. The summed E-state index contributed by atoms with van der Waals surface area (Å²) >= 11 is 6.33. The minimum Gasteiger partial charge on any atom is -0.368 e. The Kier molecular flexibility index (Phi) is 4.52. The summed E-state index contributed by atoms with van der Waals surface area (Å²) in [6.45, 7) is 6.28. The maximum Gasteiger partial charge on any atom is 0.0459 e. The average Bonchev–Trinajstić information content (AvgIpc) is 3.13. The van der Waals surface area contributed by atoms with Crippen molar-refractivity contribution < 1.29 is 0 Å². The van der Waals surface area contributed by atoms with Gasteiger partial charge in [-0.15, -0.1) is 0 Å². The molecule has 1 aromatic carbocycles. The van der Waals surface area contributed by atoms with Crippen molar-refractivity contribution in [2.24, 2.45) is 11.7 Å². The minimum absolute atomic E-state index is 0.650. The van der Waals surface area contributed by atoms with Gasteiger partial charge in [0, 0.05) is 23.3 Å². The lowest BCUT2D eigenvalue weighted by molar-refractivity contribution is 0.605. The molecule has 1 aliphatic carbocycles. The van der Waals surface area contributed by atoms with Crippen molar-refractivity contribution in [3.05, 3.63) is 28.8 Å². The summed E-state index contributed by atoms with van der Waals surface area (Å²) in [6, 6.07) is 6.92. The Labute approximate surface area is 115 Å². The molecule has 2 nitrogen and oxygen atoms in total. The van der Waals surface area contributed by atoms with Crippen LogP contribution in [0.5, 0.6) is 0 Å². The molecule has 1 aromatic rings. The highest BCUT2D eigenvalue weighted by Gasteiger charge is 2.30. The SMILES string of the molecule is CC(C)CN(c1cccc(Cl)c1CCN)C1CC1. The maximum atomic E-state index is 6.33. The third kappa shape index (κ3) is 3.18. The van der Waals surface area contributed by atoms with Gasteiger partial charge in [-0.05, 0) is 49.4 Å². The highest BCUT2D eigenvalue weighted by molar-refractivity contribution is 6.31. The summed E-state index contributed by atoms with van der Waals surface area (Å²) in [5, 5.41) is 0.854. The van der Waals surface area contributed by atoms with E-state index in [-0.39, 0.29) is 0 Å². The Bertz CT molecular complexity index is 399. The largest absolute Gasteiger partial charge is 0.368 e. The van der Waals surface area contributed by atoms with Crippen molar-refractivity contribution in [2.45, 2.75) is 39.2 Å². The number of nitrogens with zero attached hydrogens (tertiary/aromatic N) is 1. The summed E-state index contributed by atoms with van der Waals surface area (Å²) in [5.74, 6) is 0.662. The first kappa shape index (κ1) is 13.7. The van der Waals surface area contributed by atoms with E-state index in [1.165, 1.54) is 24.1 Å². The van der Waals surface area contributed by atoms with Gasteiger partial charge < -0.3 is 10.6 Å². The molecule has 18 heavy (non-hydrogen) atoms. The molecule has 0 atom stereocenters. The minimum atomic E-state index is 0.650. The lowest BCUT2D eigenvalue weighted by atomic mass is 10.1. The lowest BCUT2D eigenvalue weighted by Gasteiger charge is -2.29. The zero-order valence-corrected chi connectivity index (χ0v) is 12.1. The van der Waals surface area contributed by atoms with Gasteiger partial charge in [-0.2, -0.15) is 0 Å². The van der Waals surface area contributed by atoms with E-state index in [0.29, 0.717) is 18.5 Å². The van der Waals surface area contributed by atoms with Crippen molar-refractivity contribution in [2.75, 3.05) is 18.0 Å². The lowest BCUT2D eigenvalue weighted by Crippen LogP contribution is -2.31. The van der Waals surface area contributed by atoms with E-state index in [4.69, 9.17) is 17.3 Å². The van der Waals surface area contributed by atoms with Gasteiger partial charge in [0.25, 0.3) is 0 Å². The van der Waals surface area contributed by atoms with E-state index >= 15 is 0 Å². The van der Waals surface area contributed by atoms with Gasteiger partial charge in [0.05, 0.1) is 0 Å². The van der Waals surface area contributed by atoms with Crippen LogP contribution in [-0.4, -0.2) is 19.1 Å². The number of hydrogen-bond donors (Lipinski definition) is 1. The van der Waals surface area contributed by atoms with E-state index in [1.54, 1.807) is 0 Å². The highest BCUT2D eigenvalue weighted by atomic mass is 35.5. The van der Waals surface area contributed by atoms with E-state index in [9.17, 15) is 0 Å². The first-order valence-electron chi connectivity index (χ1n) is 6.87. The Morgan fingerprint density at radius 1 is 1.39 bits per heavy atom. The van der Waals surface area contributed by atoms with Crippen LogP contribution in [0.3, 0.4) is 0 Å². The molecule has 100 valence electrons. The number of rotatable bonds is 6. The van der Waals surface area contributed by atoms with E-state index in [2.05, 4.69) is 24.8 Å². The first-order valence-corrected chi connectivity index (χ1v) is 7.25. The van der Waals surface area contributed by atoms with Gasteiger partial charge in [-0.3, -0.25) is 0 Å². The fourth-order valence-electron chi connectivity index (χ4n) is 2.43. The fourth-order valence-corrected chi connectivity index (χ4v) is 2.70. The summed E-state index contributed by atoms with van der Waals surface area (Å²) in [7, 11) is 0. The van der Waals surface area contributed by atoms with Crippen LogP contribution in [-0.2, 0) is 6.42 Å². The van der Waals surface area contributed by atoms with Crippen molar-refractivity contribution in [1.82, 2.24) is 0 Å². The van der Waals surface area contributed by atoms with Crippen molar-refractivity contribution in [3.63, 3.8) is 0 Å². The molecular formula is C15H23ClN2. The molecule has 0 spiro atoms. The van der Waals surface area contributed by atoms with Crippen LogP contribution in [0.4, 0.5) is 5.69 Å². The maximum absolute atomic E-state index is 6.33. The van der Waals surface area contributed by atoms with E-state index in [0.717, 1.165) is 18.0 Å². The second-order valence-electron chi connectivity index (χ2n) is 5.55. The third-order valence-corrected chi connectivity index (χ3v) is 3.70. The van der Waals surface area contributed by atoms with E-state index in [1.807, 2.05) is 12.1 Å². The van der Waals surface area contributed by atoms with Gasteiger partial charge in [-0.1, -0.05) is 31.5 Å². The molecule has 0 saturated heterocycles. The smallest absolute Gasteiger partial charge is 0.0459 e. The van der Waals surface area contributed by atoms with Crippen molar-refractivity contribution in [3.8, 4) is 0 Å². The van der Waals surface area contributed by atoms with Gasteiger partial charge in [0.1, 0.15) is 0 Å². The monoisotopic (exact) mass is 266 g/mol. The van der Waals surface area contributed by atoms with Crippen LogP contribution < -0.4 is 10.6 Å². The molecule has 0 amide bonds. The van der Waals surface area contributed by atoms with Gasteiger partial charge in [0.15, 0.2) is 0 Å². The predicted octanol–water partition coefficient (Wildman–Crippen LogP) is 3.47. The van der Waals surface area contributed by atoms with Crippen LogP contribution in [0.1, 0.15) is 32.3 Å². The number of halogens is 1. The van der Waals surface area contributed by atoms with Crippen LogP contribution in [0.15, 0.2) is 18.2 Å². The molecule has 3 heteroatoms. The molecule has 0 aromatic heterocycles. The van der Waals surface area contributed by atoms with Gasteiger partial charge in [-0.25, -0.2) is 0 Å². The second kappa shape index (κ2) is 5.94. The quantitative estimate of drug-likeness (QED) is 0.854. The number of anilines is 1. The predicted molar refractivity (Wildman–Crippen MR) is 79.4 cm³/mol. The first-order chi connectivity index (χ1) is 8.63. The Balaban J connectivity index is 2.30. The van der Waals surface area contributed by atoms with Crippen LogP contribution >= 0.6 is 11.6 Å². The second-order valence-corrected chi connectivity index (χ2v) is 5.96. The fraction of sp³-hybridized carbons (Fsp3) is 0.600.